The summed E-state index contributed by atoms with van der Waals surface area (Å²) in [4.78, 5) is 3.81. The maximum absolute atomic E-state index is 13.1. The van der Waals surface area contributed by atoms with E-state index in [2.05, 4.69) is 10.3 Å². The van der Waals surface area contributed by atoms with E-state index in [0.29, 0.717) is 17.9 Å². The molecule has 112 valence electrons. The molecular weight excluding hydrogens is 281 g/mol. The van der Waals surface area contributed by atoms with Crippen molar-refractivity contribution in [1.29, 1.82) is 0 Å². The first-order chi connectivity index (χ1) is 9.97. The van der Waals surface area contributed by atoms with Gasteiger partial charge in [0, 0.05) is 30.1 Å². The summed E-state index contributed by atoms with van der Waals surface area (Å²) in [7, 11) is 3.29. The number of halogens is 3. The predicted molar refractivity (Wildman–Crippen MR) is 74.0 cm³/mol. The SMILES string of the molecule is CNCc1cc(-c2cnccc2C(F)(F)F)ccc1OC. The summed E-state index contributed by atoms with van der Waals surface area (Å²) in [6.45, 7) is 0.499. The minimum Gasteiger partial charge on any atom is -0.496 e. The van der Waals surface area contributed by atoms with Gasteiger partial charge < -0.3 is 10.1 Å². The Bertz CT molecular complexity index is 627. The number of aromatic nitrogens is 1. The van der Waals surface area contributed by atoms with Crippen LogP contribution in [0, 0.1) is 0 Å². The highest BCUT2D eigenvalue weighted by Crippen LogP contribution is 2.37. The van der Waals surface area contributed by atoms with Gasteiger partial charge in [-0.1, -0.05) is 6.07 Å². The molecule has 1 N–H and O–H groups in total. The molecule has 0 atom stereocenters. The smallest absolute Gasteiger partial charge is 0.417 e. The molecule has 0 aliphatic carbocycles. The first-order valence-electron chi connectivity index (χ1n) is 6.30. The van der Waals surface area contributed by atoms with Gasteiger partial charge in [0.05, 0.1) is 12.7 Å². The molecule has 21 heavy (non-hydrogen) atoms. The number of nitrogens with one attached hydrogen (secondary N) is 1. The van der Waals surface area contributed by atoms with E-state index in [4.69, 9.17) is 4.74 Å². The van der Waals surface area contributed by atoms with E-state index >= 15 is 0 Å². The van der Waals surface area contributed by atoms with Crippen LogP contribution in [0.3, 0.4) is 0 Å². The number of nitrogens with zero attached hydrogens (tertiary/aromatic N) is 1. The minimum absolute atomic E-state index is 0.0602. The van der Waals surface area contributed by atoms with Crippen molar-refractivity contribution in [3.63, 3.8) is 0 Å². The second-order valence-electron chi connectivity index (χ2n) is 4.48. The van der Waals surface area contributed by atoms with Crippen LogP contribution < -0.4 is 10.1 Å². The Kier molecular flexibility index (Phi) is 4.47. The van der Waals surface area contributed by atoms with E-state index in [9.17, 15) is 13.2 Å². The molecule has 0 unspecified atom stereocenters. The average Bonchev–Trinajstić information content (AvgIpc) is 2.46. The molecule has 0 radical (unpaired) electrons. The highest BCUT2D eigenvalue weighted by atomic mass is 19.4. The topological polar surface area (TPSA) is 34.2 Å². The monoisotopic (exact) mass is 296 g/mol. The number of hydrogen-bond acceptors (Lipinski definition) is 3. The van der Waals surface area contributed by atoms with Crippen LogP contribution in [0.2, 0.25) is 0 Å². The molecule has 0 bridgehead atoms. The number of rotatable bonds is 4. The third-order valence-electron chi connectivity index (χ3n) is 3.09. The summed E-state index contributed by atoms with van der Waals surface area (Å²) in [5.74, 6) is 0.630. The van der Waals surface area contributed by atoms with Crippen molar-refractivity contribution >= 4 is 0 Å². The second-order valence-corrected chi connectivity index (χ2v) is 4.48. The van der Waals surface area contributed by atoms with E-state index in [1.165, 1.54) is 13.3 Å². The van der Waals surface area contributed by atoms with Gasteiger partial charge in [0.15, 0.2) is 0 Å². The van der Waals surface area contributed by atoms with E-state index in [0.717, 1.165) is 17.8 Å². The fourth-order valence-electron chi connectivity index (χ4n) is 2.15. The molecule has 2 aromatic rings. The summed E-state index contributed by atoms with van der Waals surface area (Å²) >= 11 is 0. The van der Waals surface area contributed by atoms with Gasteiger partial charge in [-0.25, -0.2) is 0 Å². The van der Waals surface area contributed by atoms with Crippen LogP contribution in [-0.2, 0) is 12.7 Å². The van der Waals surface area contributed by atoms with Gasteiger partial charge >= 0.3 is 6.18 Å². The van der Waals surface area contributed by atoms with Crippen molar-refractivity contribution in [2.45, 2.75) is 12.7 Å². The lowest BCUT2D eigenvalue weighted by Crippen LogP contribution is -2.09. The zero-order valence-electron chi connectivity index (χ0n) is 11.7. The van der Waals surface area contributed by atoms with Crippen LogP contribution in [0.5, 0.6) is 5.75 Å². The van der Waals surface area contributed by atoms with Gasteiger partial charge in [-0.15, -0.1) is 0 Å². The maximum atomic E-state index is 13.1. The second kappa shape index (κ2) is 6.13. The van der Waals surface area contributed by atoms with Crippen molar-refractivity contribution < 1.29 is 17.9 Å². The molecule has 2 rings (SSSR count). The van der Waals surface area contributed by atoms with Gasteiger partial charge in [0.1, 0.15) is 5.75 Å². The normalized spacial score (nSPS) is 11.5. The molecule has 3 nitrogen and oxygen atoms in total. The Morgan fingerprint density at radius 1 is 1.24 bits per heavy atom. The predicted octanol–water partition coefficient (Wildman–Crippen LogP) is 3.50. The fraction of sp³-hybridized carbons (Fsp3) is 0.267. The highest BCUT2D eigenvalue weighted by Gasteiger charge is 2.33. The lowest BCUT2D eigenvalue weighted by atomic mass is 9.99. The maximum Gasteiger partial charge on any atom is 0.417 e. The third-order valence-corrected chi connectivity index (χ3v) is 3.09. The van der Waals surface area contributed by atoms with E-state index in [1.54, 1.807) is 25.2 Å². The van der Waals surface area contributed by atoms with Crippen molar-refractivity contribution in [1.82, 2.24) is 10.3 Å². The van der Waals surface area contributed by atoms with Crippen LogP contribution >= 0.6 is 0 Å². The summed E-state index contributed by atoms with van der Waals surface area (Å²) in [5, 5.41) is 2.96. The molecule has 0 spiro atoms. The molecule has 1 heterocycles. The number of hydrogen-bond donors (Lipinski definition) is 1. The highest BCUT2D eigenvalue weighted by molar-refractivity contribution is 5.69. The molecule has 0 saturated heterocycles. The van der Waals surface area contributed by atoms with Crippen LogP contribution in [0.25, 0.3) is 11.1 Å². The third kappa shape index (κ3) is 3.33. The Balaban J connectivity index is 2.55. The van der Waals surface area contributed by atoms with E-state index in [-0.39, 0.29) is 5.56 Å². The van der Waals surface area contributed by atoms with Crippen molar-refractivity contribution in [2.75, 3.05) is 14.2 Å². The Hall–Kier alpha value is -2.08. The van der Waals surface area contributed by atoms with Crippen LogP contribution in [0.1, 0.15) is 11.1 Å². The number of ether oxygens (including phenoxy) is 1. The van der Waals surface area contributed by atoms with Crippen molar-refractivity contribution in [3.8, 4) is 16.9 Å². The zero-order chi connectivity index (χ0) is 15.5. The van der Waals surface area contributed by atoms with Crippen molar-refractivity contribution in [2.24, 2.45) is 0 Å². The summed E-state index contributed by atoms with van der Waals surface area (Å²) in [5.41, 5.74) is 0.610. The largest absolute Gasteiger partial charge is 0.496 e. The van der Waals surface area contributed by atoms with Gasteiger partial charge in [0.25, 0.3) is 0 Å². The van der Waals surface area contributed by atoms with Crippen LogP contribution in [0.15, 0.2) is 36.7 Å². The molecule has 1 aromatic carbocycles. The Labute approximate surface area is 120 Å². The quantitative estimate of drug-likeness (QED) is 0.937. The van der Waals surface area contributed by atoms with E-state index in [1.807, 2.05) is 0 Å². The number of benzene rings is 1. The fourth-order valence-corrected chi connectivity index (χ4v) is 2.15. The first kappa shape index (κ1) is 15.3. The minimum atomic E-state index is -4.42. The molecule has 0 aliphatic rings. The van der Waals surface area contributed by atoms with Gasteiger partial charge in [0.2, 0.25) is 0 Å². The van der Waals surface area contributed by atoms with Gasteiger partial charge in [-0.2, -0.15) is 13.2 Å². The van der Waals surface area contributed by atoms with Crippen LogP contribution in [0.4, 0.5) is 13.2 Å². The van der Waals surface area contributed by atoms with Gasteiger partial charge in [-0.05, 0) is 30.8 Å². The summed E-state index contributed by atoms with van der Waals surface area (Å²) < 4.78 is 44.4. The molecule has 0 amide bonds. The molecule has 1 aromatic heterocycles. The summed E-state index contributed by atoms with van der Waals surface area (Å²) in [6, 6.07) is 5.93. The number of methoxy groups -OCH3 is 1. The average molecular weight is 296 g/mol. The molecule has 6 heteroatoms. The molecular formula is C15H15F3N2O. The Morgan fingerprint density at radius 2 is 2.00 bits per heavy atom. The number of alkyl halides is 3. The molecule has 0 saturated carbocycles. The zero-order valence-corrected chi connectivity index (χ0v) is 11.7. The molecule has 0 aliphatic heterocycles. The van der Waals surface area contributed by atoms with Crippen molar-refractivity contribution in [3.05, 3.63) is 47.8 Å². The van der Waals surface area contributed by atoms with E-state index < -0.39 is 11.7 Å². The summed E-state index contributed by atoms with van der Waals surface area (Å²) in [6.07, 6.45) is -2.04. The lowest BCUT2D eigenvalue weighted by Gasteiger charge is -2.14. The Morgan fingerprint density at radius 3 is 2.62 bits per heavy atom. The first-order valence-corrected chi connectivity index (χ1v) is 6.30. The van der Waals surface area contributed by atoms with Gasteiger partial charge in [-0.3, -0.25) is 4.98 Å². The molecule has 0 fully saturated rings. The lowest BCUT2D eigenvalue weighted by molar-refractivity contribution is -0.137. The van der Waals surface area contributed by atoms with Crippen LogP contribution in [-0.4, -0.2) is 19.1 Å². The number of pyridine rings is 1. The standard InChI is InChI=1S/C15H15F3N2O/c1-19-8-11-7-10(3-4-14(11)21-2)12-9-20-6-5-13(12)15(16,17)18/h3-7,9,19H,8H2,1-2H3.